The number of carboxylic acids is 2. The molecule has 0 radical (unpaired) electrons. The Morgan fingerprint density at radius 2 is 1.50 bits per heavy atom. The Hall–Kier alpha value is -1.40. The highest BCUT2D eigenvalue weighted by Crippen LogP contribution is 2.90. The van der Waals surface area contributed by atoms with Gasteiger partial charge in [0.05, 0.1) is 23.0 Å². The molecule has 6 rings (SSSR count). The average molecular weight is 501 g/mol. The van der Waals surface area contributed by atoms with Crippen molar-refractivity contribution in [1.82, 2.24) is 0 Å². The van der Waals surface area contributed by atoms with E-state index >= 15 is 0 Å². The molecule has 0 aromatic rings. The van der Waals surface area contributed by atoms with Crippen LogP contribution in [0.3, 0.4) is 0 Å². The normalized spacial score (nSPS) is 58.4. The fourth-order valence-electron chi connectivity index (χ4n) is 11.7. The maximum absolute atomic E-state index is 12.9. The summed E-state index contributed by atoms with van der Waals surface area (Å²) < 4.78 is 0. The first kappa shape index (κ1) is 24.9. The van der Waals surface area contributed by atoms with Crippen LogP contribution in [0.15, 0.2) is 12.2 Å². The lowest BCUT2D eigenvalue weighted by Gasteiger charge is -2.68. The summed E-state index contributed by atoms with van der Waals surface area (Å²) in [6.07, 6.45) is 9.81. The first-order valence-corrected chi connectivity index (χ1v) is 14.1. The van der Waals surface area contributed by atoms with E-state index in [4.69, 9.17) is 0 Å². The van der Waals surface area contributed by atoms with Gasteiger partial charge in [0.15, 0.2) is 0 Å². The third-order valence-corrected chi connectivity index (χ3v) is 13.9. The predicted molar refractivity (Wildman–Crippen MR) is 134 cm³/mol. The van der Waals surface area contributed by atoms with Crippen molar-refractivity contribution in [1.29, 1.82) is 0 Å². The third-order valence-electron chi connectivity index (χ3n) is 13.9. The van der Waals surface area contributed by atoms with E-state index < -0.39 is 35.0 Å². The summed E-state index contributed by atoms with van der Waals surface area (Å²) in [7, 11) is 0. The van der Waals surface area contributed by atoms with Crippen LogP contribution in [0.4, 0.5) is 0 Å². The molecule has 5 fully saturated rings. The highest BCUT2D eigenvalue weighted by molar-refractivity contribution is 5.77. The van der Waals surface area contributed by atoms with Crippen molar-refractivity contribution in [2.24, 2.45) is 55.7 Å². The minimum absolute atomic E-state index is 0.0545. The van der Waals surface area contributed by atoms with Gasteiger partial charge in [-0.2, -0.15) is 0 Å². The van der Waals surface area contributed by atoms with Gasteiger partial charge in [0.2, 0.25) is 0 Å². The van der Waals surface area contributed by atoms with Gasteiger partial charge in [-0.3, -0.25) is 9.59 Å². The second-order valence-corrected chi connectivity index (χ2v) is 15.2. The zero-order valence-electron chi connectivity index (χ0n) is 22.5. The zero-order chi connectivity index (χ0) is 26.3. The molecule has 6 heteroatoms. The molecular formula is C30H44O6. The molecule has 0 unspecified atom stereocenters. The van der Waals surface area contributed by atoms with Crippen molar-refractivity contribution >= 4 is 11.9 Å². The Balaban J connectivity index is 1.48. The average Bonchev–Trinajstić information content (AvgIpc) is 3.50. The van der Waals surface area contributed by atoms with Crippen LogP contribution in [0.25, 0.3) is 0 Å². The van der Waals surface area contributed by atoms with Gasteiger partial charge in [0, 0.05) is 11.3 Å². The number of hydrogen-bond donors (Lipinski definition) is 4. The number of fused-ring (bicyclic) bond motifs is 4. The molecule has 6 aliphatic rings. The highest BCUT2D eigenvalue weighted by atomic mass is 16.4. The summed E-state index contributed by atoms with van der Waals surface area (Å²) in [5.41, 5.74) is -3.04. The largest absolute Gasteiger partial charge is 0.481 e. The van der Waals surface area contributed by atoms with Crippen molar-refractivity contribution < 1.29 is 30.0 Å². The van der Waals surface area contributed by atoms with Crippen molar-refractivity contribution in [2.45, 2.75) is 105 Å². The van der Waals surface area contributed by atoms with E-state index in [1.165, 1.54) is 0 Å². The standard InChI is InChI=1S/C30H44O6/c1-24(2)12-13-28(23(35)36)14-15-30-16-29(30,20(28)21(24)32)11-7-17-25(3)9-8-19(31)27(5,22(33)34)18(25)6-10-26(17,30)4/h7,11,17-21,31-32H,6,8-10,12-16H2,1-5H3,(H,33,34)(H,35,36)/t17-,18-,19-,20-,21+,25-,26-,27-,28+,29-,30-/m1/s1. The Labute approximate surface area is 214 Å². The minimum Gasteiger partial charge on any atom is -0.481 e. The second kappa shape index (κ2) is 6.77. The van der Waals surface area contributed by atoms with Gasteiger partial charge in [-0.15, -0.1) is 0 Å². The lowest BCUT2D eigenvalue weighted by molar-refractivity contribution is -0.218. The van der Waals surface area contributed by atoms with Gasteiger partial charge in [0.25, 0.3) is 0 Å². The smallest absolute Gasteiger partial charge is 0.312 e. The van der Waals surface area contributed by atoms with Gasteiger partial charge in [-0.1, -0.05) is 39.8 Å². The predicted octanol–water partition coefficient (Wildman–Crippen LogP) is 4.88. The van der Waals surface area contributed by atoms with E-state index in [0.29, 0.717) is 19.3 Å². The number of aliphatic hydroxyl groups excluding tert-OH is 2. The summed E-state index contributed by atoms with van der Waals surface area (Å²) in [4.78, 5) is 25.4. The Kier molecular flexibility index (Phi) is 4.69. The number of carbonyl (C=O) groups is 2. The van der Waals surface area contributed by atoms with Gasteiger partial charge >= 0.3 is 11.9 Å². The van der Waals surface area contributed by atoms with Gasteiger partial charge in [0.1, 0.15) is 0 Å². The monoisotopic (exact) mass is 500 g/mol. The van der Waals surface area contributed by atoms with Crippen LogP contribution in [0.1, 0.15) is 92.4 Å². The van der Waals surface area contributed by atoms with Crippen molar-refractivity contribution in [3.05, 3.63) is 12.2 Å². The van der Waals surface area contributed by atoms with E-state index in [0.717, 1.165) is 38.5 Å². The van der Waals surface area contributed by atoms with Crippen LogP contribution in [0, 0.1) is 55.7 Å². The summed E-state index contributed by atoms with van der Waals surface area (Å²) in [6, 6.07) is 0. The quantitative estimate of drug-likeness (QED) is 0.402. The van der Waals surface area contributed by atoms with Crippen LogP contribution in [-0.4, -0.2) is 44.6 Å². The molecule has 0 aliphatic heterocycles. The summed E-state index contributed by atoms with van der Waals surface area (Å²) in [5, 5.41) is 43.4. The van der Waals surface area contributed by atoms with Crippen LogP contribution >= 0.6 is 0 Å². The molecule has 0 spiro atoms. The molecule has 4 N–H and O–H groups in total. The molecule has 0 bridgehead atoms. The molecule has 0 aromatic heterocycles. The lowest BCUT2D eigenvalue weighted by Crippen LogP contribution is -2.66. The molecule has 0 aromatic carbocycles. The van der Waals surface area contributed by atoms with Crippen molar-refractivity contribution in [2.75, 3.05) is 0 Å². The SMILES string of the molecule is CC1(C)CC[C@]2(C(=O)O)CC[C@]34C[C@]3(C=C[C@@H]3[C@@]5(C)CC[C@@H](O)[C@](C)(C(=O)O)[C@@H]5CC[C@]34C)[C@@H]2[C@@H]1O. The molecule has 36 heavy (non-hydrogen) atoms. The van der Waals surface area contributed by atoms with Gasteiger partial charge in [-0.25, -0.2) is 0 Å². The van der Waals surface area contributed by atoms with E-state index in [2.05, 4.69) is 39.8 Å². The molecule has 6 aliphatic carbocycles. The molecule has 5 saturated carbocycles. The van der Waals surface area contributed by atoms with Crippen LogP contribution in [0.5, 0.6) is 0 Å². The first-order chi connectivity index (χ1) is 16.6. The number of allylic oxidation sites excluding steroid dienone is 2. The number of aliphatic hydroxyl groups is 2. The van der Waals surface area contributed by atoms with Gasteiger partial charge in [-0.05, 0) is 98.2 Å². The number of rotatable bonds is 2. The molecule has 0 amide bonds. The zero-order valence-corrected chi connectivity index (χ0v) is 22.5. The van der Waals surface area contributed by atoms with Crippen molar-refractivity contribution in [3.63, 3.8) is 0 Å². The lowest BCUT2D eigenvalue weighted by atomic mass is 9.36. The third kappa shape index (κ3) is 2.39. The Morgan fingerprint density at radius 1 is 0.833 bits per heavy atom. The maximum Gasteiger partial charge on any atom is 0.312 e. The van der Waals surface area contributed by atoms with E-state index in [9.17, 15) is 30.0 Å². The molecule has 6 nitrogen and oxygen atoms in total. The highest BCUT2D eigenvalue weighted by Gasteiger charge is 2.85. The summed E-state index contributed by atoms with van der Waals surface area (Å²) in [5.74, 6) is -1.87. The second-order valence-electron chi connectivity index (χ2n) is 15.2. The molecular weight excluding hydrogens is 456 g/mol. The summed E-state index contributed by atoms with van der Waals surface area (Å²) >= 11 is 0. The maximum atomic E-state index is 12.9. The first-order valence-electron chi connectivity index (χ1n) is 14.1. The minimum atomic E-state index is -1.16. The fourth-order valence-corrected chi connectivity index (χ4v) is 11.7. The Bertz CT molecular complexity index is 1070. The van der Waals surface area contributed by atoms with Crippen LogP contribution < -0.4 is 0 Å². The Morgan fingerprint density at radius 3 is 2.14 bits per heavy atom. The fraction of sp³-hybridized carbons (Fsp3) is 0.867. The topological polar surface area (TPSA) is 115 Å². The van der Waals surface area contributed by atoms with Gasteiger partial charge < -0.3 is 20.4 Å². The molecule has 200 valence electrons. The number of carboxylic acid groups (broad SMARTS) is 2. The number of aliphatic carboxylic acids is 2. The van der Waals surface area contributed by atoms with E-state index in [1.54, 1.807) is 6.92 Å². The van der Waals surface area contributed by atoms with E-state index in [-0.39, 0.29) is 44.8 Å². The van der Waals surface area contributed by atoms with E-state index in [1.807, 2.05) is 0 Å². The number of hydrogen-bond acceptors (Lipinski definition) is 4. The van der Waals surface area contributed by atoms with Crippen LogP contribution in [0.2, 0.25) is 0 Å². The van der Waals surface area contributed by atoms with Crippen LogP contribution in [-0.2, 0) is 9.59 Å². The van der Waals surface area contributed by atoms with Crippen molar-refractivity contribution in [3.8, 4) is 0 Å². The molecule has 0 saturated heterocycles. The summed E-state index contributed by atoms with van der Waals surface area (Å²) in [6.45, 7) is 10.6. The molecule has 0 heterocycles. The molecule has 11 atom stereocenters.